The van der Waals surface area contributed by atoms with Crippen LogP contribution in [0.25, 0.3) is 0 Å². The van der Waals surface area contributed by atoms with Gasteiger partial charge in [0, 0.05) is 31.2 Å². The third kappa shape index (κ3) is 3.14. The zero-order chi connectivity index (χ0) is 10.6. The minimum Gasteiger partial charge on any atom is -0.314 e. The van der Waals surface area contributed by atoms with Gasteiger partial charge in [0.05, 0.1) is 5.69 Å². The summed E-state index contributed by atoms with van der Waals surface area (Å²) in [6.07, 6.45) is 1.06. The molecular weight excluding hydrogens is 174 g/mol. The van der Waals surface area contributed by atoms with Crippen LogP contribution in [0.1, 0.15) is 32.2 Å². The van der Waals surface area contributed by atoms with Crippen molar-refractivity contribution in [1.29, 1.82) is 0 Å². The van der Waals surface area contributed by atoms with Crippen LogP contribution in [-0.2, 0) is 13.0 Å². The summed E-state index contributed by atoms with van der Waals surface area (Å²) in [5, 5.41) is 7.83. The highest BCUT2D eigenvalue weighted by Gasteiger charge is 2.03. The maximum absolute atomic E-state index is 4.42. The summed E-state index contributed by atoms with van der Waals surface area (Å²) in [4.78, 5) is 0. The van der Waals surface area contributed by atoms with Gasteiger partial charge < -0.3 is 5.32 Å². The molecule has 0 amide bonds. The number of nitrogens with one attached hydrogen (secondary N) is 1. The molecule has 0 spiro atoms. The summed E-state index contributed by atoms with van der Waals surface area (Å²) in [6.45, 7) is 10.5. The lowest BCUT2D eigenvalue weighted by atomic mass is 10.2. The van der Waals surface area contributed by atoms with Crippen LogP contribution in [0.15, 0.2) is 6.07 Å². The smallest absolute Gasteiger partial charge is 0.0596 e. The first-order valence-corrected chi connectivity index (χ1v) is 5.40. The van der Waals surface area contributed by atoms with Gasteiger partial charge in [-0.2, -0.15) is 5.10 Å². The molecule has 3 heteroatoms. The van der Waals surface area contributed by atoms with Crippen LogP contribution in [-0.4, -0.2) is 22.4 Å². The lowest BCUT2D eigenvalue weighted by molar-refractivity contribution is 0.560. The van der Waals surface area contributed by atoms with E-state index in [9.17, 15) is 0 Å². The van der Waals surface area contributed by atoms with Crippen LogP contribution in [0.3, 0.4) is 0 Å². The van der Waals surface area contributed by atoms with Crippen molar-refractivity contribution < 1.29 is 0 Å². The van der Waals surface area contributed by atoms with Crippen LogP contribution < -0.4 is 5.32 Å². The highest BCUT2D eigenvalue weighted by Crippen LogP contribution is 2.04. The third-order valence-corrected chi connectivity index (χ3v) is 2.22. The number of aryl methyl sites for hydroxylation is 2. The molecule has 14 heavy (non-hydrogen) atoms. The fraction of sp³-hybridized carbons (Fsp3) is 0.727. The number of aromatic nitrogens is 2. The maximum Gasteiger partial charge on any atom is 0.0596 e. The van der Waals surface area contributed by atoms with Gasteiger partial charge in [0.25, 0.3) is 0 Å². The van der Waals surface area contributed by atoms with Crippen molar-refractivity contribution in [1.82, 2.24) is 15.1 Å². The van der Waals surface area contributed by atoms with Gasteiger partial charge in [-0.05, 0) is 19.9 Å². The van der Waals surface area contributed by atoms with E-state index in [-0.39, 0.29) is 0 Å². The summed E-state index contributed by atoms with van der Waals surface area (Å²) in [6, 6.07) is 2.74. The summed E-state index contributed by atoms with van der Waals surface area (Å²) in [7, 11) is 0. The van der Waals surface area contributed by atoms with Crippen LogP contribution in [0.5, 0.6) is 0 Å². The minimum absolute atomic E-state index is 0.564. The van der Waals surface area contributed by atoms with Gasteiger partial charge in [-0.1, -0.05) is 13.8 Å². The van der Waals surface area contributed by atoms with E-state index < -0.39 is 0 Å². The minimum atomic E-state index is 0.564. The van der Waals surface area contributed by atoms with Crippen LogP contribution in [0.2, 0.25) is 0 Å². The summed E-state index contributed by atoms with van der Waals surface area (Å²) < 4.78 is 2.08. The highest BCUT2D eigenvalue weighted by molar-refractivity contribution is 5.09. The number of nitrogens with zero attached hydrogens (tertiary/aromatic N) is 2. The highest BCUT2D eigenvalue weighted by atomic mass is 15.3. The standard InChI is InChI=1S/C11H21N3/c1-5-14-11(8-10(4)13-14)6-7-12-9(2)3/h8-9,12H,5-7H2,1-4H3. The molecule has 1 N–H and O–H groups in total. The lowest BCUT2D eigenvalue weighted by Gasteiger charge is -2.08. The molecule has 0 saturated heterocycles. The lowest BCUT2D eigenvalue weighted by Crippen LogP contribution is -2.25. The second-order valence-corrected chi connectivity index (χ2v) is 3.95. The number of hydrogen-bond donors (Lipinski definition) is 1. The molecule has 0 fully saturated rings. The monoisotopic (exact) mass is 195 g/mol. The van der Waals surface area contributed by atoms with E-state index in [0.717, 1.165) is 25.2 Å². The molecule has 1 heterocycles. The predicted octanol–water partition coefficient (Wildman–Crippen LogP) is 1.75. The second kappa shape index (κ2) is 5.15. The molecule has 0 unspecified atom stereocenters. The molecule has 1 aromatic heterocycles. The number of rotatable bonds is 5. The Balaban J connectivity index is 2.48. The molecular formula is C11H21N3. The molecule has 1 rings (SSSR count). The Hall–Kier alpha value is -0.830. The third-order valence-electron chi connectivity index (χ3n) is 2.22. The SMILES string of the molecule is CCn1nc(C)cc1CCNC(C)C. The first-order chi connectivity index (χ1) is 6.63. The molecule has 0 aromatic carbocycles. The van der Waals surface area contributed by atoms with Crippen molar-refractivity contribution in [2.75, 3.05) is 6.54 Å². The normalized spacial score (nSPS) is 11.2. The van der Waals surface area contributed by atoms with Gasteiger partial charge >= 0.3 is 0 Å². The topological polar surface area (TPSA) is 29.9 Å². The molecule has 0 radical (unpaired) electrons. The van der Waals surface area contributed by atoms with E-state index in [1.54, 1.807) is 0 Å². The van der Waals surface area contributed by atoms with Crippen molar-refractivity contribution in [3.05, 3.63) is 17.5 Å². The van der Waals surface area contributed by atoms with E-state index in [0.29, 0.717) is 6.04 Å². The average Bonchev–Trinajstić information content (AvgIpc) is 2.45. The van der Waals surface area contributed by atoms with E-state index in [2.05, 4.69) is 41.9 Å². The Labute approximate surface area is 86.5 Å². The number of hydrogen-bond acceptors (Lipinski definition) is 2. The Kier molecular flexibility index (Phi) is 4.14. The van der Waals surface area contributed by atoms with E-state index >= 15 is 0 Å². The molecule has 0 bridgehead atoms. The summed E-state index contributed by atoms with van der Waals surface area (Å²) in [5.41, 5.74) is 2.45. The Morgan fingerprint density at radius 3 is 2.79 bits per heavy atom. The van der Waals surface area contributed by atoms with Crippen molar-refractivity contribution in [2.45, 2.75) is 46.7 Å². The molecule has 1 aromatic rings. The van der Waals surface area contributed by atoms with Crippen molar-refractivity contribution >= 4 is 0 Å². The molecule has 0 aliphatic rings. The van der Waals surface area contributed by atoms with E-state index in [4.69, 9.17) is 0 Å². The van der Waals surface area contributed by atoms with Crippen LogP contribution >= 0.6 is 0 Å². The summed E-state index contributed by atoms with van der Waals surface area (Å²) in [5.74, 6) is 0. The van der Waals surface area contributed by atoms with Gasteiger partial charge in [0.15, 0.2) is 0 Å². The zero-order valence-electron chi connectivity index (χ0n) is 9.67. The average molecular weight is 195 g/mol. The molecule has 0 atom stereocenters. The Morgan fingerprint density at radius 1 is 1.50 bits per heavy atom. The summed E-state index contributed by atoms with van der Waals surface area (Å²) >= 11 is 0. The van der Waals surface area contributed by atoms with Crippen molar-refractivity contribution in [3.63, 3.8) is 0 Å². The fourth-order valence-corrected chi connectivity index (χ4v) is 1.56. The largest absolute Gasteiger partial charge is 0.314 e. The van der Waals surface area contributed by atoms with Crippen molar-refractivity contribution in [2.24, 2.45) is 0 Å². The Morgan fingerprint density at radius 2 is 2.21 bits per heavy atom. The van der Waals surface area contributed by atoms with Gasteiger partial charge in [-0.3, -0.25) is 4.68 Å². The Bertz CT molecular complexity index is 276. The van der Waals surface area contributed by atoms with Crippen molar-refractivity contribution in [3.8, 4) is 0 Å². The fourth-order valence-electron chi connectivity index (χ4n) is 1.56. The van der Waals surface area contributed by atoms with Crippen LogP contribution in [0.4, 0.5) is 0 Å². The van der Waals surface area contributed by atoms with Crippen LogP contribution in [0, 0.1) is 6.92 Å². The zero-order valence-corrected chi connectivity index (χ0v) is 9.67. The van der Waals surface area contributed by atoms with E-state index in [1.807, 2.05) is 6.92 Å². The van der Waals surface area contributed by atoms with Gasteiger partial charge in [0.2, 0.25) is 0 Å². The molecule has 0 saturated carbocycles. The first-order valence-electron chi connectivity index (χ1n) is 5.40. The van der Waals surface area contributed by atoms with Gasteiger partial charge in [-0.15, -0.1) is 0 Å². The van der Waals surface area contributed by atoms with Gasteiger partial charge in [0.1, 0.15) is 0 Å². The predicted molar refractivity (Wildman–Crippen MR) is 59.5 cm³/mol. The quantitative estimate of drug-likeness (QED) is 0.775. The molecule has 0 aliphatic heterocycles. The van der Waals surface area contributed by atoms with E-state index in [1.165, 1.54) is 5.69 Å². The van der Waals surface area contributed by atoms with Gasteiger partial charge in [-0.25, -0.2) is 0 Å². The molecule has 80 valence electrons. The molecule has 0 aliphatic carbocycles. The maximum atomic E-state index is 4.42. The second-order valence-electron chi connectivity index (χ2n) is 3.95. The first kappa shape index (κ1) is 11.2. The molecule has 3 nitrogen and oxygen atoms in total.